The van der Waals surface area contributed by atoms with Crippen LogP contribution in [0, 0.1) is 5.92 Å². The maximum absolute atomic E-state index is 13.2. The summed E-state index contributed by atoms with van der Waals surface area (Å²) in [6.07, 6.45) is 2.86. The molecule has 1 heterocycles. The van der Waals surface area contributed by atoms with E-state index in [1.54, 1.807) is 40.0 Å². The van der Waals surface area contributed by atoms with Gasteiger partial charge in [-0.05, 0) is 34.2 Å². The molecule has 10 heteroatoms. The molecule has 1 rings (SSSR count). The molecule has 30 heavy (non-hydrogen) atoms. The summed E-state index contributed by atoms with van der Waals surface area (Å²) in [5, 5.41) is 5.63. The van der Waals surface area contributed by atoms with Crippen molar-refractivity contribution < 1.29 is 23.5 Å². The summed E-state index contributed by atoms with van der Waals surface area (Å²) in [6, 6.07) is -1.10. The molecule has 3 amide bonds. The molecule has 9 nitrogen and oxygen atoms in total. The summed E-state index contributed by atoms with van der Waals surface area (Å²) in [5.74, 6) is -0.935. The Hall–Kier alpha value is -2.75. The molecule has 2 unspecified atom stereocenters. The molecule has 1 saturated heterocycles. The van der Waals surface area contributed by atoms with E-state index in [0.717, 1.165) is 5.57 Å². The fourth-order valence-electron chi connectivity index (χ4n) is 3.12. The van der Waals surface area contributed by atoms with Gasteiger partial charge in [-0.1, -0.05) is 17.7 Å². The highest BCUT2D eigenvalue weighted by atomic mass is 19.1. The highest BCUT2D eigenvalue weighted by Gasteiger charge is 2.39. The molecule has 0 aliphatic carbocycles. The normalized spacial score (nSPS) is 21.4. The van der Waals surface area contributed by atoms with Crippen molar-refractivity contribution in [2.45, 2.75) is 39.3 Å². The molecule has 3 atom stereocenters. The lowest BCUT2D eigenvalue weighted by Gasteiger charge is -2.26. The van der Waals surface area contributed by atoms with E-state index in [1.165, 1.54) is 12.0 Å². The number of carbonyl (C=O) groups is 3. The first kappa shape index (κ1) is 25.3. The molecule has 0 aromatic rings. The molecule has 168 valence electrons. The predicted octanol–water partition coefficient (Wildman–Crippen LogP) is 0.913. The summed E-state index contributed by atoms with van der Waals surface area (Å²) < 4.78 is 17.6. The van der Waals surface area contributed by atoms with Crippen molar-refractivity contribution in [3.63, 3.8) is 0 Å². The molecule has 4 N–H and O–H groups in total. The van der Waals surface area contributed by atoms with Crippen LogP contribution in [0.2, 0.25) is 0 Å². The van der Waals surface area contributed by atoms with E-state index in [-0.39, 0.29) is 49.1 Å². The van der Waals surface area contributed by atoms with Crippen LogP contribution in [0.4, 0.5) is 9.18 Å². The van der Waals surface area contributed by atoms with Gasteiger partial charge in [0, 0.05) is 24.1 Å². The van der Waals surface area contributed by atoms with Gasteiger partial charge in [-0.3, -0.25) is 14.0 Å². The number of methoxy groups -OCH3 is 1. The van der Waals surface area contributed by atoms with E-state index >= 15 is 0 Å². The number of allylic oxidation sites excluding steroid dienone is 1. The van der Waals surface area contributed by atoms with Gasteiger partial charge < -0.3 is 26.0 Å². The van der Waals surface area contributed by atoms with Crippen molar-refractivity contribution >= 4 is 23.7 Å². The Bertz CT molecular complexity index is 735. The van der Waals surface area contributed by atoms with Crippen LogP contribution in [0.15, 0.2) is 28.3 Å². The minimum Gasteiger partial charge on any atom is -0.451 e. The number of alkyl halides is 1. The Morgan fingerprint density at radius 2 is 2.07 bits per heavy atom. The van der Waals surface area contributed by atoms with Crippen molar-refractivity contribution in [1.29, 1.82) is 0 Å². The number of nitrogens with zero attached hydrogens (tertiary/aromatic N) is 2. The molecule has 0 radical (unpaired) electrons. The average Bonchev–Trinajstić information content (AvgIpc) is 3.16. The highest BCUT2D eigenvalue weighted by molar-refractivity contribution is 6.04. The van der Waals surface area contributed by atoms with Gasteiger partial charge in [0.1, 0.15) is 11.9 Å². The van der Waals surface area contributed by atoms with E-state index in [4.69, 9.17) is 5.73 Å². The van der Waals surface area contributed by atoms with Crippen LogP contribution in [0.25, 0.3) is 0 Å². The van der Waals surface area contributed by atoms with E-state index in [9.17, 15) is 18.8 Å². The van der Waals surface area contributed by atoms with Gasteiger partial charge in [0.05, 0.1) is 20.3 Å². The second-order valence-electron chi connectivity index (χ2n) is 7.18. The summed E-state index contributed by atoms with van der Waals surface area (Å²) in [5.41, 5.74) is 7.09. The molecule has 0 aromatic carbocycles. The Morgan fingerprint density at radius 3 is 2.60 bits per heavy atom. The van der Waals surface area contributed by atoms with Gasteiger partial charge in [0.2, 0.25) is 11.8 Å². The van der Waals surface area contributed by atoms with Crippen LogP contribution in [-0.2, 0) is 14.3 Å². The lowest BCUT2D eigenvalue weighted by Crippen LogP contribution is -2.50. The molecule has 1 aliphatic heterocycles. The maximum Gasteiger partial charge on any atom is 0.435 e. The van der Waals surface area contributed by atoms with Gasteiger partial charge >= 0.3 is 6.09 Å². The monoisotopic (exact) mass is 425 g/mol. The van der Waals surface area contributed by atoms with Crippen LogP contribution in [0.1, 0.15) is 27.2 Å². The number of amidine groups is 1. The van der Waals surface area contributed by atoms with Gasteiger partial charge in [-0.2, -0.15) is 4.99 Å². The average molecular weight is 426 g/mol. The molecule has 0 spiro atoms. The fraction of sp³-hybridized carbons (Fsp3) is 0.600. The van der Waals surface area contributed by atoms with Crippen molar-refractivity contribution in [3.8, 4) is 0 Å². The quantitative estimate of drug-likeness (QED) is 0.302. The summed E-state index contributed by atoms with van der Waals surface area (Å²) in [4.78, 5) is 41.4. The van der Waals surface area contributed by atoms with Gasteiger partial charge in [-0.15, -0.1) is 0 Å². The summed E-state index contributed by atoms with van der Waals surface area (Å²) in [7, 11) is 2.84. The third kappa shape index (κ3) is 6.94. The second kappa shape index (κ2) is 12.1. The number of aliphatic imine (C=N–C) groups is 1. The third-order valence-corrected chi connectivity index (χ3v) is 4.98. The Kier molecular flexibility index (Phi) is 10.2. The second-order valence-corrected chi connectivity index (χ2v) is 7.18. The lowest BCUT2D eigenvalue weighted by atomic mass is 10.0. The van der Waals surface area contributed by atoms with Crippen molar-refractivity contribution in [1.82, 2.24) is 15.5 Å². The first-order valence-corrected chi connectivity index (χ1v) is 9.75. The van der Waals surface area contributed by atoms with Crippen LogP contribution in [0.5, 0.6) is 0 Å². The Morgan fingerprint density at radius 1 is 1.40 bits per heavy atom. The first-order chi connectivity index (χ1) is 14.2. The Balaban J connectivity index is 2.90. The number of nitrogens with one attached hydrogen (secondary N) is 2. The number of hydrogen-bond acceptors (Lipinski definition) is 5. The molecule has 0 saturated carbocycles. The number of hydrogen-bond donors (Lipinski definition) is 3. The highest BCUT2D eigenvalue weighted by Crippen LogP contribution is 2.24. The molecule has 0 aromatic heterocycles. The zero-order valence-corrected chi connectivity index (χ0v) is 18.2. The van der Waals surface area contributed by atoms with Gasteiger partial charge in [0.25, 0.3) is 0 Å². The SMILES string of the molecule is C/C=C(\C=C(/C)[C@@H](C)NC(=O)C1CC(CF)CN1C(=O)CNC)C(/N)=N\C(=O)OC. The molecule has 1 fully saturated rings. The fourth-order valence-corrected chi connectivity index (χ4v) is 3.12. The van der Waals surface area contributed by atoms with E-state index in [2.05, 4.69) is 20.4 Å². The van der Waals surface area contributed by atoms with Crippen LogP contribution in [0.3, 0.4) is 0 Å². The lowest BCUT2D eigenvalue weighted by molar-refractivity contribution is -0.137. The zero-order chi connectivity index (χ0) is 22.8. The number of likely N-dealkylation sites (N-methyl/N-ethyl adjacent to an activating group) is 1. The number of amides is 3. The molecular formula is C20H32FN5O4. The van der Waals surface area contributed by atoms with Crippen LogP contribution in [-0.4, -0.2) is 74.6 Å². The van der Waals surface area contributed by atoms with Crippen molar-refractivity contribution in [2.75, 3.05) is 33.9 Å². The number of ether oxygens (including phenoxy) is 1. The first-order valence-electron chi connectivity index (χ1n) is 9.75. The van der Waals surface area contributed by atoms with E-state index in [0.29, 0.717) is 5.57 Å². The predicted molar refractivity (Wildman–Crippen MR) is 113 cm³/mol. The molecular weight excluding hydrogens is 393 g/mol. The summed E-state index contributed by atoms with van der Waals surface area (Å²) >= 11 is 0. The maximum atomic E-state index is 13.2. The van der Waals surface area contributed by atoms with Gasteiger partial charge in [0.15, 0.2) is 0 Å². The molecule has 1 aliphatic rings. The van der Waals surface area contributed by atoms with Gasteiger partial charge in [-0.25, -0.2) is 4.79 Å². The topological polar surface area (TPSA) is 126 Å². The number of nitrogens with two attached hydrogens (primary N) is 1. The number of halogens is 1. The number of rotatable bonds is 8. The Labute approximate surface area is 176 Å². The smallest absolute Gasteiger partial charge is 0.435 e. The van der Waals surface area contributed by atoms with E-state index in [1.807, 2.05) is 0 Å². The van der Waals surface area contributed by atoms with Crippen molar-refractivity contribution in [3.05, 3.63) is 23.3 Å². The van der Waals surface area contributed by atoms with Crippen LogP contribution >= 0.6 is 0 Å². The third-order valence-electron chi connectivity index (χ3n) is 4.98. The minimum absolute atomic E-state index is 0.00681. The number of carbonyl (C=O) groups excluding carboxylic acids is 3. The number of likely N-dealkylation sites (tertiary alicyclic amines) is 1. The zero-order valence-electron chi connectivity index (χ0n) is 18.2. The minimum atomic E-state index is -0.811. The molecule has 0 bridgehead atoms. The van der Waals surface area contributed by atoms with Crippen LogP contribution < -0.4 is 16.4 Å². The van der Waals surface area contributed by atoms with E-state index < -0.39 is 18.8 Å². The standard InChI is InChI=1S/C20H32FN5O4/c1-6-15(18(22)25-20(29)30-5)7-12(2)13(3)24-19(28)16-8-14(9-21)11-26(16)17(27)10-23-4/h6-7,13-14,16,23H,8-11H2,1-5H3,(H,24,28)(H2,22,25,29)/b12-7+,15-6+/t13-,14?,16?/m1/s1. The van der Waals surface area contributed by atoms with Crippen molar-refractivity contribution in [2.24, 2.45) is 16.6 Å². The summed E-state index contributed by atoms with van der Waals surface area (Å²) in [6.45, 7) is 5.05. The largest absolute Gasteiger partial charge is 0.451 e.